The second-order valence-corrected chi connectivity index (χ2v) is 8.27. The van der Waals surface area contributed by atoms with Crippen molar-refractivity contribution in [2.24, 2.45) is 0 Å². The first-order valence-corrected chi connectivity index (χ1v) is 11.6. The molecule has 0 spiro atoms. The molecule has 0 unspecified atom stereocenters. The topological polar surface area (TPSA) is 114 Å². The highest BCUT2D eigenvalue weighted by Gasteiger charge is 2.30. The molecule has 10 nitrogen and oxygen atoms in total. The SMILES string of the molecule is COc1cc(C(=O)N[C@H]2CCCC[C@@H]2NC(=O)c2cc(OC)c(OC)c(OC)c2)cc(OC)c1OC. The molecular formula is C26H34N2O8. The van der Waals surface area contributed by atoms with Gasteiger partial charge in [0, 0.05) is 23.2 Å². The smallest absolute Gasteiger partial charge is 0.251 e. The lowest BCUT2D eigenvalue weighted by molar-refractivity contribution is 0.0862. The molecule has 36 heavy (non-hydrogen) atoms. The molecule has 0 heterocycles. The van der Waals surface area contributed by atoms with Crippen LogP contribution in [0.4, 0.5) is 0 Å². The van der Waals surface area contributed by atoms with E-state index in [9.17, 15) is 9.59 Å². The maximum absolute atomic E-state index is 13.2. The van der Waals surface area contributed by atoms with E-state index in [1.54, 1.807) is 24.3 Å². The van der Waals surface area contributed by atoms with Crippen molar-refractivity contribution in [3.63, 3.8) is 0 Å². The van der Waals surface area contributed by atoms with Gasteiger partial charge in [-0.2, -0.15) is 0 Å². The van der Waals surface area contributed by atoms with Crippen molar-refractivity contribution < 1.29 is 38.0 Å². The van der Waals surface area contributed by atoms with Gasteiger partial charge in [0.25, 0.3) is 11.8 Å². The fraction of sp³-hybridized carbons (Fsp3) is 0.462. The fourth-order valence-electron chi connectivity index (χ4n) is 4.40. The minimum Gasteiger partial charge on any atom is -0.493 e. The molecule has 2 aromatic rings. The highest BCUT2D eigenvalue weighted by Crippen LogP contribution is 2.39. The summed E-state index contributed by atoms with van der Waals surface area (Å²) in [5.41, 5.74) is 0.731. The van der Waals surface area contributed by atoms with Crippen molar-refractivity contribution in [1.82, 2.24) is 10.6 Å². The number of rotatable bonds is 10. The summed E-state index contributed by atoms with van der Waals surface area (Å²) < 4.78 is 32.1. The molecule has 0 bridgehead atoms. The number of carbonyl (C=O) groups is 2. The molecule has 10 heteroatoms. The first kappa shape index (κ1) is 26.8. The standard InChI is InChI=1S/C26H34N2O8/c1-31-19-11-15(12-20(32-2)23(19)35-5)25(29)27-17-9-7-8-10-18(17)28-26(30)16-13-21(33-3)24(36-6)22(14-16)34-4/h11-14,17-18H,7-10H2,1-6H3,(H,27,29)(H,28,30)/t17-,18-/m0/s1. The Morgan fingerprint density at radius 2 is 0.889 bits per heavy atom. The van der Waals surface area contributed by atoms with Gasteiger partial charge in [0.2, 0.25) is 11.5 Å². The lowest BCUT2D eigenvalue weighted by Gasteiger charge is -2.33. The fourth-order valence-corrected chi connectivity index (χ4v) is 4.40. The average molecular weight is 503 g/mol. The van der Waals surface area contributed by atoms with Gasteiger partial charge in [-0.05, 0) is 37.1 Å². The molecule has 2 N–H and O–H groups in total. The van der Waals surface area contributed by atoms with Crippen LogP contribution in [0.5, 0.6) is 34.5 Å². The number of benzene rings is 2. The summed E-state index contributed by atoms with van der Waals surface area (Å²) in [6.45, 7) is 0. The predicted molar refractivity (Wildman–Crippen MR) is 133 cm³/mol. The number of carbonyl (C=O) groups excluding carboxylic acids is 2. The molecule has 2 amide bonds. The third-order valence-electron chi connectivity index (χ3n) is 6.25. The Labute approximate surface area is 211 Å². The van der Waals surface area contributed by atoms with Crippen molar-refractivity contribution >= 4 is 11.8 Å². The van der Waals surface area contributed by atoms with Gasteiger partial charge in [-0.3, -0.25) is 9.59 Å². The second kappa shape index (κ2) is 12.2. The van der Waals surface area contributed by atoms with Gasteiger partial charge in [0.05, 0.1) is 42.7 Å². The van der Waals surface area contributed by atoms with Gasteiger partial charge < -0.3 is 39.1 Å². The first-order chi connectivity index (χ1) is 17.4. The zero-order valence-electron chi connectivity index (χ0n) is 21.6. The number of hydrogen-bond acceptors (Lipinski definition) is 8. The Hall–Kier alpha value is -3.82. The van der Waals surface area contributed by atoms with E-state index in [0.29, 0.717) is 45.6 Å². The van der Waals surface area contributed by atoms with Gasteiger partial charge in [-0.15, -0.1) is 0 Å². The van der Waals surface area contributed by atoms with Crippen LogP contribution < -0.4 is 39.1 Å². The molecule has 2 atom stereocenters. The molecule has 0 saturated heterocycles. The zero-order valence-corrected chi connectivity index (χ0v) is 21.6. The molecular weight excluding hydrogens is 468 g/mol. The molecule has 2 aromatic carbocycles. The molecule has 1 aliphatic carbocycles. The van der Waals surface area contributed by atoms with Crippen molar-refractivity contribution in [3.05, 3.63) is 35.4 Å². The van der Waals surface area contributed by atoms with Crippen LogP contribution in [0.1, 0.15) is 46.4 Å². The Morgan fingerprint density at radius 1 is 0.583 bits per heavy atom. The van der Waals surface area contributed by atoms with Gasteiger partial charge in [-0.25, -0.2) is 0 Å². The van der Waals surface area contributed by atoms with Gasteiger partial charge in [-0.1, -0.05) is 12.8 Å². The number of ether oxygens (including phenoxy) is 6. The normalized spacial score (nSPS) is 16.9. The largest absolute Gasteiger partial charge is 0.493 e. The summed E-state index contributed by atoms with van der Waals surface area (Å²) in [7, 11) is 8.99. The van der Waals surface area contributed by atoms with Crippen molar-refractivity contribution in [2.45, 2.75) is 37.8 Å². The molecule has 1 saturated carbocycles. The summed E-state index contributed by atoms with van der Waals surface area (Å²) in [5.74, 6) is 1.77. The number of amides is 2. The van der Waals surface area contributed by atoms with Crippen LogP contribution in [-0.4, -0.2) is 66.6 Å². The van der Waals surface area contributed by atoms with Gasteiger partial charge in [0.1, 0.15) is 0 Å². The number of hydrogen-bond donors (Lipinski definition) is 2. The van der Waals surface area contributed by atoms with Crippen LogP contribution in [0.3, 0.4) is 0 Å². The summed E-state index contributed by atoms with van der Waals surface area (Å²) in [5, 5.41) is 6.14. The summed E-state index contributed by atoms with van der Waals surface area (Å²) in [6, 6.07) is 5.89. The number of methoxy groups -OCH3 is 6. The highest BCUT2D eigenvalue weighted by molar-refractivity contribution is 5.97. The van der Waals surface area contributed by atoms with Crippen LogP contribution in [0, 0.1) is 0 Å². The van der Waals surface area contributed by atoms with Gasteiger partial charge >= 0.3 is 0 Å². The Bertz CT molecular complexity index is 952. The quantitative estimate of drug-likeness (QED) is 0.509. The summed E-state index contributed by atoms with van der Waals surface area (Å²) in [4.78, 5) is 26.3. The number of nitrogens with one attached hydrogen (secondary N) is 2. The maximum atomic E-state index is 13.2. The van der Waals surface area contributed by atoms with E-state index in [0.717, 1.165) is 25.7 Å². The van der Waals surface area contributed by atoms with Gasteiger partial charge in [0.15, 0.2) is 23.0 Å². The molecule has 3 rings (SSSR count). The Morgan fingerprint density at radius 3 is 1.14 bits per heavy atom. The van der Waals surface area contributed by atoms with E-state index >= 15 is 0 Å². The third kappa shape index (κ3) is 5.69. The van der Waals surface area contributed by atoms with Crippen molar-refractivity contribution in [1.29, 1.82) is 0 Å². The summed E-state index contributed by atoms with van der Waals surface area (Å²) in [6.07, 6.45) is 3.35. The molecule has 0 aliphatic heterocycles. The lowest BCUT2D eigenvalue weighted by Crippen LogP contribution is -2.53. The van der Waals surface area contributed by atoms with Crippen LogP contribution in [0.2, 0.25) is 0 Å². The second-order valence-electron chi connectivity index (χ2n) is 8.27. The van der Waals surface area contributed by atoms with E-state index in [1.807, 2.05) is 0 Å². The van der Waals surface area contributed by atoms with Crippen LogP contribution in [0.15, 0.2) is 24.3 Å². The van der Waals surface area contributed by atoms with E-state index in [-0.39, 0.29) is 23.9 Å². The van der Waals surface area contributed by atoms with Crippen LogP contribution >= 0.6 is 0 Å². The van der Waals surface area contributed by atoms with Crippen molar-refractivity contribution in [3.8, 4) is 34.5 Å². The molecule has 0 radical (unpaired) electrons. The van der Waals surface area contributed by atoms with E-state index in [4.69, 9.17) is 28.4 Å². The molecule has 196 valence electrons. The lowest BCUT2D eigenvalue weighted by atomic mass is 9.89. The Balaban J connectivity index is 1.79. The van der Waals surface area contributed by atoms with E-state index < -0.39 is 0 Å². The minimum atomic E-state index is -0.298. The molecule has 1 fully saturated rings. The maximum Gasteiger partial charge on any atom is 0.251 e. The Kier molecular flexibility index (Phi) is 9.10. The van der Waals surface area contributed by atoms with E-state index in [2.05, 4.69) is 10.6 Å². The van der Waals surface area contributed by atoms with Crippen molar-refractivity contribution in [2.75, 3.05) is 42.7 Å². The molecule has 0 aromatic heterocycles. The van der Waals surface area contributed by atoms with E-state index in [1.165, 1.54) is 42.7 Å². The highest BCUT2D eigenvalue weighted by atomic mass is 16.5. The third-order valence-corrected chi connectivity index (χ3v) is 6.25. The monoisotopic (exact) mass is 502 g/mol. The molecule has 1 aliphatic rings. The average Bonchev–Trinajstić information content (AvgIpc) is 2.91. The first-order valence-electron chi connectivity index (χ1n) is 11.6. The predicted octanol–water partition coefficient (Wildman–Crippen LogP) is 3.21. The van der Waals surface area contributed by atoms with Crippen LogP contribution in [-0.2, 0) is 0 Å². The zero-order chi connectivity index (χ0) is 26.2. The summed E-state index contributed by atoms with van der Waals surface area (Å²) >= 11 is 0. The van der Waals surface area contributed by atoms with Crippen LogP contribution in [0.25, 0.3) is 0 Å². The minimum absolute atomic E-state index is 0.253.